The summed E-state index contributed by atoms with van der Waals surface area (Å²) in [5, 5.41) is 7.27. The fourth-order valence-electron chi connectivity index (χ4n) is 1.17. The van der Waals surface area contributed by atoms with Gasteiger partial charge in [-0.05, 0) is 23.9 Å². The summed E-state index contributed by atoms with van der Waals surface area (Å²) in [5.41, 5.74) is 0. The first-order chi connectivity index (χ1) is 7.13. The van der Waals surface area contributed by atoms with E-state index in [1.807, 2.05) is 0 Å². The summed E-state index contributed by atoms with van der Waals surface area (Å²) < 4.78 is 5.40. The average Bonchev–Trinajstić information content (AvgIpc) is 2.20. The Bertz CT molecular complexity index is 322. The Labute approximate surface area is 99.0 Å². The van der Waals surface area contributed by atoms with Crippen LogP contribution in [-0.4, -0.2) is 21.8 Å². The fraction of sp³-hybridized carbons (Fsp3) is 0.667. The highest BCUT2D eigenvalue weighted by Crippen LogP contribution is 2.20. The zero-order valence-corrected chi connectivity index (χ0v) is 10.2. The predicted molar refractivity (Wildman–Crippen MR) is 59.4 cm³/mol. The van der Waals surface area contributed by atoms with Crippen molar-refractivity contribution in [2.75, 3.05) is 6.61 Å². The van der Waals surface area contributed by atoms with E-state index in [4.69, 9.17) is 27.9 Å². The summed E-state index contributed by atoms with van der Waals surface area (Å²) in [5.74, 6) is 0.708. The molecule has 1 atom stereocenters. The van der Waals surface area contributed by atoms with Crippen molar-refractivity contribution in [2.45, 2.75) is 26.7 Å². The molecule has 0 aliphatic carbocycles. The number of hydrogen-bond acceptors (Lipinski definition) is 4. The van der Waals surface area contributed by atoms with Crippen LogP contribution < -0.4 is 4.74 Å². The first-order valence-electron chi connectivity index (χ1n) is 4.82. The molecule has 1 aromatic heterocycles. The number of aromatic nitrogens is 3. The fourth-order valence-corrected chi connectivity index (χ4v) is 1.42. The molecule has 0 aromatic carbocycles. The van der Waals surface area contributed by atoms with Crippen molar-refractivity contribution < 1.29 is 4.74 Å². The molecular weight excluding hydrogens is 237 g/mol. The van der Waals surface area contributed by atoms with Crippen molar-refractivity contribution in [3.8, 4) is 5.88 Å². The van der Waals surface area contributed by atoms with Crippen molar-refractivity contribution in [1.29, 1.82) is 0 Å². The molecule has 0 N–H and O–H groups in total. The SMILES string of the molecule is CCCC(C)COc1nc(Cl)nnc1Cl. The van der Waals surface area contributed by atoms with Gasteiger partial charge in [0.25, 0.3) is 5.88 Å². The molecule has 0 fully saturated rings. The third kappa shape index (κ3) is 4.18. The van der Waals surface area contributed by atoms with E-state index in [0.29, 0.717) is 12.5 Å². The highest BCUT2D eigenvalue weighted by atomic mass is 35.5. The predicted octanol–water partition coefficient (Wildman–Crippen LogP) is 2.99. The third-order valence-corrected chi connectivity index (χ3v) is 2.27. The van der Waals surface area contributed by atoms with Gasteiger partial charge in [-0.3, -0.25) is 0 Å². The maximum atomic E-state index is 5.74. The van der Waals surface area contributed by atoms with Crippen LogP contribution in [0.2, 0.25) is 10.4 Å². The molecule has 0 radical (unpaired) electrons. The summed E-state index contributed by atoms with van der Waals surface area (Å²) in [6.07, 6.45) is 2.23. The number of nitrogens with zero attached hydrogens (tertiary/aromatic N) is 3. The topological polar surface area (TPSA) is 47.9 Å². The summed E-state index contributed by atoms with van der Waals surface area (Å²) in [4.78, 5) is 3.84. The van der Waals surface area contributed by atoms with E-state index < -0.39 is 0 Å². The minimum Gasteiger partial charge on any atom is -0.475 e. The minimum absolute atomic E-state index is 0.0394. The van der Waals surface area contributed by atoms with Crippen LogP contribution in [-0.2, 0) is 0 Å². The molecule has 0 aliphatic heterocycles. The van der Waals surface area contributed by atoms with Gasteiger partial charge in [0.2, 0.25) is 10.4 Å². The van der Waals surface area contributed by atoms with Gasteiger partial charge in [-0.25, -0.2) is 0 Å². The van der Waals surface area contributed by atoms with Gasteiger partial charge in [0.15, 0.2) is 0 Å². The monoisotopic (exact) mass is 249 g/mol. The number of rotatable bonds is 5. The van der Waals surface area contributed by atoms with Gasteiger partial charge in [0, 0.05) is 0 Å². The van der Waals surface area contributed by atoms with E-state index in [0.717, 1.165) is 12.8 Å². The lowest BCUT2D eigenvalue weighted by Gasteiger charge is -2.11. The Balaban J connectivity index is 2.53. The van der Waals surface area contributed by atoms with Crippen molar-refractivity contribution in [2.24, 2.45) is 5.92 Å². The van der Waals surface area contributed by atoms with Gasteiger partial charge < -0.3 is 4.74 Å². The number of halogens is 2. The maximum Gasteiger partial charge on any atom is 0.256 e. The molecule has 1 rings (SSSR count). The molecule has 1 heterocycles. The molecule has 0 spiro atoms. The van der Waals surface area contributed by atoms with Crippen LogP contribution >= 0.6 is 23.2 Å². The summed E-state index contributed by atoms with van der Waals surface area (Å²) in [6, 6.07) is 0. The van der Waals surface area contributed by atoms with Gasteiger partial charge in [-0.1, -0.05) is 31.9 Å². The van der Waals surface area contributed by atoms with Gasteiger partial charge in [0.05, 0.1) is 6.61 Å². The quantitative estimate of drug-likeness (QED) is 0.805. The lowest BCUT2D eigenvalue weighted by Crippen LogP contribution is -2.10. The van der Waals surface area contributed by atoms with Crippen LogP contribution in [0.4, 0.5) is 0 Å². The molecule has 15 heavy (non-hydrogen) atoms. The van der Waals surface area contributed by atoms with Crippen molar-refractivity contribution in [1.82, 2.24) is 15.2 Å². The first-order valence-corrected chi connectivity index (χ1v) is 5.57. The van der Waals surface area contributed by atoms with E-state index in [1.54, 1.807) is 0 Å². The van der Waals surface area contributed by atoms with Crippen molar-refractivity contribution >= 4 is 23.2 Å². The molecule has 84 valence electrons. The largest absolute Gasteiger partial charge is 0.475 e. The Morgan fingerprint density at radius 2 is 2.07 bits per heavy atom. The summed E-state index contributed by atoms with van der Waals surface area (Å²) >= 11 is 11.3. The van der Waals surface area contributed by atoms with E-state index in [9.17, 15) is 0 Å². The zero-order chi connectivity index (χ0) is 11.3. The smallest absolute Gasteiger partial charge is 0.256 e. The number of hydrogen-bond donors (Lipinski definition) is 0. The van der Waals surface area contributed by atoms with Gasteiger partial charge in [-0.2, -0.15) is 4.98 Å². The average molecular weight is 250 g/mol. The van der Waals surface area contributed by atoms with Gasteiger partial charge >= 0.3 is 0 Å². The highest BCUT2D eigenvalue weighted by molar-refractivity contribution is 6.31. The molecule has 6 heteroatoms. The Kier molecular flexibility index (Phi) is 5.05. The normalized spacial score (nSPS) is 12.5. The van der Waals surface area contributed by atoms with E-state index >= 15 is 0 Å². The molecule has 0 saturated heterocycles. The van der Waals surface area contributed by atoms with Crippen molar-refractivity contribution in [3.05, 3.63) is 10.4 Å². The maximum absolute atomic E-state index is 5.74. The second kappa shape index (κ2) is 6.08. The Morgan fingerprint density at radius 3 is 2.73 bits per heavy atom. The third-order valence-electron chi connectivity index (χ3n) is 1.88. The number of ether oxygens (including phenoxy) is 1. The zero-order valence-electron chi connectivity index (χ0n) is 8.70. The molecule has 0 bridgehead atoms. The molecule has 4 nitrogen and oxygen atoms in total. The molecule has 1 unspecified atom stereocenters. The lowest BCUT2D eigenvalue weighted by molar-refractivity contribution is 0.241. The highest BCUT2D eigenvalue weighted by Gasteiger charge is 2.09. The molecular formula is C9H13Cl2N3O. The standard InChI is InChI=1S/C9H13Cl2N3O/c1-3-4-6(2)5-15-8-7(10)13-14-9(11)12-8/h6H,3-5H2,1-2H3. The summed E-state index contributed by atoms with van der Waals surface area (Å²) in [6.45, 7) is 4.79. The second-order valence-electron chi connectivity index (χ2n) is 3.38. The van der Waals surface area contributed by atoms with Crippen LogP contribution in [0.1, 0.15) is 26.7 Å². The van der Waals surface area contributed by atoms with Crippen LogP contribution in [0.15, 0.2) is 0 Å². The van der Waals surface area contributed by atoms with Crippen LogP contribution in [0.25, 0.3) is 0 Å². The molecule has 0 amide bonds. The van der Waals surface area contributed by atoms with Crippen molar-refractivity contribution in [3.63, 3.8) is 0 Å². The van der Waals surface area contributed by atoms with Crippen LogP contribution in [0.5, 0.6) is 5.88 Å². The minimum atomic E-state index is 0.0394. The van der Waals surface area contributed by atoms with Gasteiger partial charge in [-0.15, -0.1) is 10.2 Å². The van der Waals surface area contributed by atoms with Crippen LogP contribution in [0, 0.1) is 5.92 Å². The first kappa shape index (κ1) is 12.5. The van der Waals surface area contributed by atoms with Crippen LogP contribution in [0.3, 0.4) is 0 Å². The van der Waals surface area contributed by atoms with E-state index in [-0.39, 0.29) is 16.3 Å². The molecule has 1 aromatic rings. The Hall–Kier alpha value is -0.610. The lowest BCUT2D eigenvalue weighted by atomic mass is 10.1. The second-order valence-corrected chi connectivity index (χ2v) is 4.08. The van der Waals surface area contributed by atoms with E-state index in [1.165, 1.54) is 0 Å². The summed E-state index contributed by atoms with van der Waals surface area (Å²) in [7, 11) is 0. The Morgan fingerprint density at radius 1 is 1.33 bits per heavy atom. The molecule has 0 aliphatic rings. The van der Waals surface area contributed by atoms with Gasteiger partial charge in [0.1, 0.15) is 0 Å². The molecule has 0 saturated carbocycles. The van der Waals surface area contributed by atoms with E-state index in [2.05, 4.69) is 29.0 Å².